The zero-order valence-corrected chi connectivity index (χ0v) is 17.5. The molecule has 1 aliphatic heterocycles. The van der Waals surface area contributed by atoms with E-state index in [1.165, 1.54) is 23.5 Å². The molecular weight excluding hydrogens is 387 g/mol. The summed E-state index contributed by atoms with van der Waals surface area (Å²) < 4.78 is 14.1. The van der Waals surface area contributed by atoms with Gasteiger partial charge >= 0.3 is 0 Å². The third kappa shape index (κ3) is 3.65. The SMILES string of the molecule is CC1=C(C(=O)Nc2ccccc2F)[C@H](c2ccsc2)C2=C(CC(C)(C)CC2=O)N1. The molecule has 6 heteroatoms. The van der Waals surface area contributed by atoms with Gasteiger partial charge in [0.25, 0.3) is 5.91 Å². The van der Waals surface area contributed by atoms with Crippen molar-refractivity contribution in [3.8, 4) is 0 Å². The van der Waals surface area contributed by atoms with E-state index in [4.69, 9.17) is 0 Å². The fourth-order valence-electron chi connectivity index (χ4n) is 4.26. The van der Waals surface area contributed by atoms with E-state index in [0.717, 1.165) is 17.7 Å². The van der Waals surface area contributed by atoms with E-state index in [9.17, 15) is 14.0 Å². The van der Waals surface area contributed by atoms with E-state index in [1.54, 1.807) is 12.1 Å². The van der Waals surface area contributed by atoms with Gasteiger partial charge in [-0.2, -0.15) is 11.3 Å². The topological polar surface area (TPSA) is 58.2 Å². The normalized spacial score (nSPS) is 21.0. The smallest absolute Gasteiger partial charge is 0.254 e. The summed E-state index contributed by atoms with van der Waals surface area (Å²) in [6, 6.07) is 8.02. The molecule has 2 aliphatic rings. The fourth-order valence-corrected chi connectivity index (χ4v) is 4.95. The van der Waals surface area contributed by atoms with Gasteiger partial charge < -0.3 is 10.6 Å². The van der Waals surface area contributed by atoms with Crippen LogP contribution in [0.25, 0.3) is 0 Å². The minimum Gasteiger partial charge on any atom is -0.362 e. The summed E-state index contributed by atoms with van der Waals surface area (Å²) in [4.78, 5) is 26.4. The van der Waals surface area contributed by atoms with E-state index in [0.29, 0.717) is 23.3 Å². The summed E-state index contributed by atoms with van der Waals surface area (Å²) in [5.41, 5.74) is 3.61. The molecular formula is C23H23FN2O2S. The lowest BCUT2D eigenvalue weighted by Gasteiger charge is -2.39. The van der Waals surface area contributed by atoms with Crippen LogP contribution in [0.15, 0.2) is 63.6 Å². The van der Waals surface area contributed by atoms with Crippen LogP contribution >= 0.6 is 11.3 Å². The Balaban J connectivity index is 1.78. The Kier molecular flexibility index (Phi) is 4.90. The standard InChI is InChI=1S/C23H23FN2O2S/c1-13-19(22(28)26-16-7-5-4-6-15(16)24)20(14-8-9-29-12-14)21-17(25-13)10-23(2,3)11-18(21)27/h4-9,12,20,25H,10-11H2,1-3H3,(H,26,28)/t20-/m0/s1. The number of halogens is 1. The third-order valence-corrected chi connectivity index (χ3v) is 6.18. The second-order valence-corrected chi connectivity index (χ2v) is 9.20. The maximum atomic E-state index is 14.1. The molecule has 4 nitrogen and oxygen atoms in total. The average Bonchev–Trinajstić information content (AvgIpc) is 3.15. The quantitative estimate of drug-likeness (QED) is 0.738. The van der Waals surface area contributed by atoms with Gasteiger partial charge in [0, 0.05) is 34.9 Å². The van der Waals surface area contributed by atoms with Gasteiger partial charge in [-0.25, -0.2) is 4.39 Å². The zero-order chi connectivity index (χ0) is 20.8. The Morgan fingerprint density at radius 1 is 1.24 bits per heavy atom. The van der Waals surface area contributed by atoms with Gasteiger partial charge in [-0.15, -0.1) is 0 Å². The first-order valence-corrected chi connectivity index (χ1v) is 10.5. The van der Waals surface area contributed by atoms with Crippen molar-refractivity contribution in [3.05, 3.63) is 75.0 Å². The molecule has 29 heavy (non-hydrogen) atoms. The maximum absolute atomic E-state index is 14.1. The Morgan fingerprint density at radius 3 is 2.69 bits per heavy atom. The van der Waals surface area contributed by atoms with Crippen molar-refractivity contribution in [1.29, 1.82) is 0 Å². The highest BCUT2D eigenvalue weighted by molar-refractivity contribution is 7.08. The lowest BCUT2D eigenvalue weighted by atomic mass is 9.69. The second-order valence-electron chi connectivity index (χ2n) is 8.42. The number of Topliss-reactive ketones (excluding diaryl/α,β-unsaturated/α-hetero) is 1. The molecule has 4 rings (SSSR count). The molecule has 2 aromatic rings. The van der Waals surface area contributed by atoms with Crippen LogP contribution in [-0.2, 0) is 9.59 Å². The minimum absolute atomic E-state index is 0.0589. The number of dihydropyridines is 1. The molecule has 0 bridgehead atoms. The van der Waals surface area contributed by atoms with E-state index in [-0.39, 0.29) is 16.9 Å². The predicted molar refractivity (Wildman–Crippen MR) is 113 cm³/mol. The molecule has 1 aromatic heterocycles. The highest BCUT2D eigenvalue weighted by Gasteiger charge is 2.42. The second kappa shape index (κ2) is 7.26. The monoisotopic (exact) mass is 410 g/mol. The molecule has 0 radical (unpaired) electrons. The van der Waals surface area contributed by atoms with Crippen molar-refractivity contribution >= 4 is 28.7 Å². The lowest BCUT2D eigenvalue weighted by molar-refractivity contribution is -0.118. The molecule has 0 unspecified atom stereocenters. The van der Waals surface area contributed by atoms with Crippen LogP contribution in [0.3, 0.4) is 0 Å². The molecule has 1 amide bonds. The number of thiophene rings is 1. The van der Waals surface area contributed by atoms with Crippen LogP contribution in [0.1, 0.15) is 45.1 Å². The molecule has 0 saturated carbocycles. The Morgan fingerprint density at radius 2 is 2.00 bits per heavy atom. The molecule has 2 heterocycles. The number of rotatable bonds is 3. The van der Waals surface area contributed by atoms with Crippen molar-refractivity contribution < 1.29 is 14.0 Å². The van der Waals surface area contributed by atoms with Crippen LogP contribution in [-0.4, -0.2) is 11.7 Å². The van der Waals surface area contributed by atoms with Crippen LogP contribution in [0.2, 0.25) is 0 Å². The molecule has 0 fully saturated rings. The first kappa shape index (κ1) is 19.6. The summed E-state index contributed by atoms with van der Waals surface area (Å²) in [6.07, 6.45) is 1.18. The van der Waals surface area contributed by atoms with Crippen molar-refractivity contribution in [3.63, 3.8) is 0 Å². The summed E-state index contributed by atoms with van der Waals surface area (Å²) in [7, 11) is 0. The van der Waals surface area contributed by atoms with Crippen molar-refractivity contribution in [2.24, 2.45) is 5.41 Å². The number of ketones is 1. The highest BCUT2D eigenvalue weighted by Crippen LogP contribution is 2.47. The van der Waals surface area contributed by atoms with Crippen molar-refractivity contribution in [2.75, 3.05) is 5.32 Å². The Hall–Kier alpha value is -2.73. The predicted octanol–water partition coefficient (Wildman–Crippen LogP) is 5.13. The number of carbonyl (C=O) groups is 2. The fraction of sp³-hybridized carbons (Fsp3) is 0.304. The summed E-state index contributed by atoms with van der Waals surface area (Å²) in [6.45, 7) is 6.00. The number of anilines is 1. The lowest BCUT2D eigenvalue weighted by Crippen LogP contribution is -2.39. The van der Waals surface area contributed by atoms with Gasteiger partial charge in [0.2, 0.25) is 0 Å². The summed E-state index contributed by atoms with van der Waals surface area (Å²) >= 11 is 1.53. The largest absolute Gasteiger partial charge is 0.362 e. The number of hydrogen-bond donors (Lipinski definition) is 2. The molecule has 1 aliphatic carbocycles. The first-order valence-electron chi connectivity index (χ1n) is 9.59. The van der Waals surface area contributed by atoms with Crippen molar-refractivity contribution in [2.45, 2.75) is 39.5 Å². The molecule has 2 N–H and O–H groups in total. The zero-order valence-electron chi connectivity index (χ0n) is 16.6. The number of allylic oxidation sites excluding steroid dienone is 3. The minimum atomic E-state index is -0.495. The Labute approximate surface area is 173 Å². The molecule has 0 saturated heterocycles. The molecule has 0 spiro atoms. The van der Waals surface area contributed by atoms with Gasteiger partial charge in [0.15, 0.2) is 5.78 Å². The molecule has 1 aromatic carbocycles. The van der Waals surface area contributed by atoms with Crippen molar-refractivity contribution in [1.82, 2.24) is 5.32 Å². The number of amides is 1. The maximum Gasteiger partial charge on any atom is 0.254 e. The van der Waals surface area contributed by atoms with E-state index in [1.807, 2.05) is 23.8 Å². The van der Waals surface area contributed by atoms with E-state index < -0.39 is 17.6 Å². The number of benzene rings is 1. The summed E-state index contributed by atoms with van der Waals surface area (Å²) in [5.74, 6) is -1.29. The number of carbonyl (C=O) groups excluding carboxylic acids is 2. The highest BCUT2D eigenvalue weighted by atomic mass is 32.1. The third-order valence-electron chi connectivity index (χ3n) is 5.48. The Bertz CT molecular complexity index is 1050. The van der Waals surface area contributed by atoms with E-state index in [2.05, 4.69) is 24.5 Å². The molecule has 150 valence electrons. The van der Waals surface area contributed by atoms with Gasteiger partial charge in [-0.05, 0) is 53.3 Å². The number of para-hydroxylation sites is 1. The van der Waals surface area contributed by atoms with Gasteiger partial charge in [-0.3, -0.25) is 9.59 Å². The van der Waals surface area contributed by atoms with Crippen LogP contribution in [0, 0.1) is 11.2 Å². The first-order chi connectivity index (χ1) is 13.8. The van der Waals surface area contributed by atoms with Gasteiger partial charge in [0.1, 0.15) is 5.82 Å². The van der Waals surface area contributed by atoms with Crippen LogP contribution in [0.4, 0.5) is 10.1 Å². The van der Waals surface area contributed by atoms with Crippen LogP contribution < -0.4 is 10.6 Å². The van der Waals surface area contributed by atoms with Gasteiger partial charge in [-0.1, -0.05) is 26.0 Å². The average molecular weight is 411 g/mol. The van der Waals surface area contributed by atoms with Gasteiger partial charge in [0.05, 0.1) is 5.69 Å². The van der Waals surface area contributed by atoms with E-state index >= 15 is 0 Å². The van der Waals surface area contributed by atoms with Crippen LogP contribution in [0.5, 0.6) is 0 Å². The summed E-state index contributed by atoms with van der Waals surface area (Å²) in [5, 5.41) is 9.91. The number of nitrogens with one attached hydrogen (secondary N) is 2. The number of hydrogen-bond acceptors (Lipinski definition) is 4. The molecule has 1 atom stereocenters.